The molecular weight excluding hydrogens is 232 g/mol. The Morgan fingerprint density at radius 2 is 1.63 bits per heavy atom. The molecule has 0 heterocycles. The van der Waals surface area contributed by atoms with Gasteiger partial charge in [0.05, 0.1) is 5.71 Å². The quantitative estimate of drug-likeness (QED) is 0.317. The van der Waals surface area contributed by atoms with Crippen molar-refractivity contribution in [1.82, 2.24) is 0 Å². The number of rotatable bonds is 2. The predicted octanol–water partition coefficient (Wildman–Crippen LogP) is 3.84. The predicted molar refractivity (Wildman–Crippen MR) is 82.4 cm³/mol. The number of hydrazone groups is 1. The third-order valence-electron chi connectivity index (χ3n) is 3.37. The minimum absolute atomic E-state index is 0.704. The molecule has 0 atom stereocenters. The minimum Gasteiger partial charge on any atom is -0.323 e. The van der Waals surface area contributed by atoms with Gasteiger partial charge in [-0.25, -0.2) is 0 Å². The van der Waals surface area contributed by atoms with Crippen molar-refractivity contribution in [2.75, 3.05) is 0 Å². The van der Waals surface area contributed by atoms with Gasteiger partial charge < -0.3 is 5.84 Å². The highest BCUT2D eigenvalue weighted by atomic mass is 15.1. The Bertz CT molecular complexity index is 801. The summed E-state index contributed by atoms with van der Waals surface area (Å²) in [6.07, 6.45) is 1.67. The zero-order valence-corrected chi connectivity index (χ0v) is 10.5. The summed E-state index contributed by atoms with van der Waals surface area (Å²) in [6.45, 7) is 3.74. The van der Waals surface area contributed by atoms with Crippen molar-refractivity contribution in [1.29, 1.82) is 0 Å². The maximum Gasteiger partial charge on any atom is 0.0893 e. The summed E-state index contributed by atoms with van der Waals surface area (Å²) >= 11 is 0. The average Bonchev–Trinajstić information content (AvgIpc) is 2.48. The molecule has 0 unspecified atom stereocenters. The molecule has 0 amide bonds. The minimum atomic E-state index is 0.704. The number of nitrogens with two attached hydrogens (primary N) is 1. The summed E-state index contributed by atoms with van der Waals surface area (Å²) in [5, 5.41) is 8.65. The summed E-state index contributed by atoms with van der Waals surface area (Å²) in [6, 6.07) is 18.9. The topological polar surface area (TPSA) is 38.4 Å². The smallest absolute Gasteiger partial charge is 0.0893 e. The molecule has 0 aromatic heterocycles. The lowest BCUT2D eigenvalue weighted by molar-refractivity contribution is 1.25. The molecule has 0 bridgehead atoms. The zero-order chi connectivity index (χ0) is 13.2. The van der Waals surface area contributed by atoms with Crippen molar-refractivity contribution in [3.05, 3.63) is 72.8 Å². The fourth-order valence-electron chi connectivity index (χ4n) is 2.41. The Morgan fingerprint density at radius 1 is 0.947 bits per heavy atom. The van der Waals surface area contributed by atoms with E-state index in [2.05, 4.69) is 60.2 Å². The Morgan fingerprint density at radius 3 is 2.37 bits per heavy atom. The van der Waals surface area contributed by atoms with Gasteiger partial charge in [0.2, 0.25) is 0 Å². The number of fused-ring (bicyclic) bond motifs is 3. The van der Waals surface area contributed by atoms with Crippen LogP contribution in [0, 0.1) is 0 Å². The molecule has 0 saturated heterocycles. The molecule has 3 aromatic carbocycles. The molecule has 0 saturated carbocycles. The summed E-state index contributed by atoms with van der Waals surface area (Å²) in [5.74, 6) is 5.39. The van der Waals surface area contributed by atoms with E-state index in [1.54, 1.807) is 6.08 Å². The van der Waals surface area contributed by atoms with Gasteiger partial charge in [0, 0.05) is 5.56 Å². The number of hydrogen-bond acceptors (Lipinski definition) is 2. The van der Waals surface area contributed by atoms with Crippen LogP contribution in [0.1, 0.15) is 5.56 Å². The van der Waals surface area contributed by atoms with Gasteiger partial charge in [0.25, 0.3) is 0 Å². The van der Waals surface area contributed by atoms with E-state index in [9.17, 15) is 0 Å². The van der Waals surface area contributed by atoms with E-state index in [0.29, 0.717) is 5.71 Å². The van der Waals surface area contributed by atoms with E-state index in [0.717, 1.165) is 5.56 Å². The molecule has 92 valence electrons. The van der Waals surface area contributed by atoms with Gasteiger partial charge >= 0.3 is 0 Å². The summed E-state index contributed by atoms with van der Waals surface area (Å²) in [7, 11) is 0. The molecule has 0 fully saturated rings. The first kappa shape index (κ1) is 11.5. The van der Waals surface area contributed by atoms with Crippen molar-refractivity contribution >= 4 is 27.3 Å². The van der Waals surface area contributed by atoms with Crippen molar-refractivity contribution < 1.29 is 0 Å². The van der Waals surface area contributed by atoms with Crippen molar-refractivity contribution in [2.45, 2.75) is 0 Å². The lowest BCUT2D eigenvalue weighted by Crippen LogP contribution is -2.00. The van der Waals surface area contributed by atoms with Gasteiger partial charge in [-0.2, -0.15) is 5.10 Å². The highest BCUT2D eigenvalue weighted by Crippen LogP contribution is 2.26. The molecule has 0 radical (unpaired) electrons. The highest BCUT2D eigenvalue weighted by Gasteiger charge is 2.04. The third-order valence-corrected chi connectivity index (χ3v) is 3.37. The van der Waals surface area contributed by atoms with Crippen LogP contribution in [-0.2, 0) is 0 Å². The summed E-state index contributed by atoms with van der Waals surface area (Å²) < 4.78 is 0. The normalized spacial score (nSPS) is 11.9. The number of allylic oxidation sites excluding steroid dienone is 1. The second kappa shape index (κ2) is 4.58. The number of nitrogens with zero attached hydrogens (tertiary/aromatic N) is 1. The monoisotopic (exact) mass is 246 g/mol. The van der Waals surface area contributed by atoms with Crippen molar-refractivity contribution in [2.24, 2.45) is 10.9 Å². The highest BCUT2D eigenvalue weighted by molar-refractivity contribution is 6.14. The van der Waals surface area contributed by atoms with Gasteiger partial charge in [0.15, 0.2) is 0 Å². The molecule has 2 N–H and O–H groups in total. The van der Waals surface area contributed by atoms with E-state index in [4.69, 9.17) is 5.84 Å². The second-order valence-electron chi connectivity index (χ2n) is 4.44. The molecule has 0 aliphatic carbocycles. The third kappa shape index (κ3) is 1.87. The van der Waals surface area contributed by atoms with Crippen LogP contribution in [0.5, 0.6) is 0 Å². The van der Waals surface area contributed by atoms with E-state index in [1.165, 1.54) is 21.5 Å². The van der Waals surface area contributed by atoms with Crippen LogP contribution < -0.4 is 5.84 Å². The maximum absolute atomic E-state index is 5.39. The van der Waals surface area contributed by atoms with Crippen LogP contribution in [0.2, 0.25) is 0 Å². The van der Waals surface area contributed by atoms with Gasteiger partial charge in [0.1, 0.15) is 0 Å². The fourth-order valence-corrected chi connectivity index (χ4v) is 2.41. The zero-order valence-electron chi connectivity index (χ0n) is 10.5. The molecule has 19 heavy (non-hydrogen) atoms. The van der Waals surface area contributed by atoms with E-state index in [-0.39, 0.29) is 0 Å². The van der Waals surface area contributed by atoms with E-state index in [1.807, 2.05) is 6.07 Å². The first-order valence-corrected chi connectivity index (χ1v) is 6.15. The van der Waals surface area contributed by atoms with Crippen LogP contribution in [0.15, 0.2) is 72.4 Å². The van der Waals surface area contributed by atoms with Crippen molar-refractivity contribution in [3.63, 3.8) is 0 Å². The second-order valence-corrected chi connectivity index (χ2v) is 4.44. The van der Waals surface area contributed by atoms with Crippen LogP contribution in [0.25, 0.3) is 21.5 Å². The standard InChI is InChI=1S/C17H14N2/c1-2-17(19-18)14-10-9-13-8-7-12-5-3-4-6-15(12)16(13)11-14/h2-11H,1,18H2. The molecule has 3 aromatic rings. The number of benzene rings is 3. The SMILES string of the molecule is C=CC(=NN)c1ccc2ccc3ccccc3c2c1. The lowest BCUT2D eigenvalue weighted by Gasteiger charge is -2.06. The molecular formula is C17H14N2. The number of hydrogen-bond donors (Lipinski definition) is 1. The van der Waals surface area contributed by atoms with Crippen molar-refractivity contribution in [3.8, 4) is 0 Å². The van der Waals surface area contributed by atoms with Gasteiger partial charge in [-0.1, -0.05) is 55.1 Å². The van der Waals surface area contributed by atoms with E-state index >= 15 is 0 Å². The Labute approximate surface area is 111 Å². The van der Waals surface area contributed by atoms with Crippen LogP contribution >= 0.6 is 0 Å². The van der Waals surface area contributed by atoms with Gasteiger partial charge in [-0.15, -0.1) is 0 Å². The van der Waals surface area contributed by atoms with Crippen LogP contribution in [0.4, 0.5) is 0 Å². The molecule has 3 rings (SSSR count). The Hall–Kier alpha value is -2.61. The van der Waals surface area contributed by atoms with Crippen LogP contribution in [0.3, 0.4) is 0 Å². The first-order chi connectivity index (χ1) is 9.33. The lowest BCUT2D eigenvalue weighted by atomic mass is 9.98. The molecule has 0 spiro atoms. The largest absolute Gasteiger partial charge is 0.323 e. The maximum atomic E-state index is 5.39. The fraction of sp³-hybridized carbons (Fsp3) is 0. The first-order valence-electron chi connectivity index (χ1n) is 6.15. The average molecular weight is 246 g/mol. The Kier molecular flexibility index (Phi) is 2.76. The molecule has 0 aliphatic rings. The Balaban J connectivity index is 2.37. The van der Waals surface area contributed by atoms with E-state index < -0.39 is 0 Å². The summed E-state index contributed by atoms with van der Waals surface area (Å²) in [4.78, 5) is 0. The van der Waals surface area contributed by atoms with Gasteiger partial charge in [-0.3, -0.25) is 0 Å². The summed E-state index contributed by atoms with van der Waals surface area (Å²) in [5.41, 5.74) is 1.69. The molecule has 0 aliphatic heterocycles. The van der Waals surface area contributed by atoms with Gasteiger partial charge in [-0.05, 0) is 33.7 Å². The van der Waals surface area contributed by atoms with Crippen LogP contribution in [-0.4, -0.2) is 5.71 Å². The molecule has 2 nitrogen and oxygen atoms in total. The molecule has 2 heteroatoms.